The van der Waals surface area contributed by atoms with Crippen molar-refractivity contribution in [2.24, 2.45) is 0 Å². The number of carbonyl (C=O) groups is 1. The highest BCUT2D eigenvalue weighted by atomic mass is 32.1. The highest BCUT2D eigenvalue weighted by Gasteiger charge is 2.15. The lowest BCUT2D eigenvalue weighted by Gasteiger charge is -2.07. The summed E-state index contributed by atoms with van der Waals surface area (Å²) in [6.07, 6.45) is 0. The highest BCUT2D eigenvalue weighted by Crippen LogP contribution is 2.30. The molecular weight excluding hydrogens is 256 g/mol. The molecule has 94 valence electrons. The quantitative estimate of drug-likeness (QED) is 0.914. The molecular formula is C11H10N2O4S. The van der Waals surface area contributed by atoms with Gasteiger partial charge in [0.15, 0.2) is 0 Å². The van der Waals surface area contributed by atoms with Crippen LogP contribution in [0, 0.1) is 6.92 Å². The maximum atomic E-state index is 11.1. The van der Waals surface area contributed by atoms with E-state index in [1.807, 2.05) is 0 Å². The lowest BCUT2D eigenvalue weighted by molar-refractivity contribution is 0.0694. The van der Waals surface area contributed by atoms with Gasteiger partial charge in [0.25, 0.3) is 5.19 Å². The molecule has 1 aromatic heterocycles. The maximum absolute atomic E-state index is 11.1. The average molecular weight is 266 g/mol. The van der Waals surface area contributed by atoms with Crippen molar-refractivity contribution in [1.82, 2.24) is 10.2 Å². The van der Waals surface area contributed by atoms with Crippen molar-refractivity contribution in [3.63, 3.8) is 0 Å². The van der Waals surface area contributed by atoms with Crippen molar-refractivity contribution in [1.29, 1.82) is 0 Å². The molecule has 18 heavy (non-hydrogen) atoms. The van der Waals surface area contributed by atoms with Crippen LogP contribution in [0.3, 0.4) is 0 Å². The van der Waals surface area contributed by atoms with Crippen LogP contribution in [0.15, 0.2) is 18.2 Å². The molecule has 0 amide bonds. The lowest BCUT2D eigenvalue weighted by atomic mass is 10.2. The largest absolute Gasteiger partial charge is 0.497 e. The third kappa shape index (κ3) is 2.57. The van der Waals surface area contributed by atoms with Crippen molar-refractivity contribution in [3.05, 3.63) is 28.8 Å². The molecule has 0 bridgehead atoms. The predicted molar refractivity (Wildman–Crippen MR) is 64.7 cm³/mol. The third-order valence-corrected chi connectivity index (χ3v) is 2.84. The fraction of sp³-hybridized carbons (Fsp3) is 0.182. The Morgan fingerprint density at radius 1 is 1.39 bits per heavy atom. The second kappa shape index (κ2) is 5.01. The first-order valence-corrected chi connectivity index (χ1v) is 5.81. The molecule has 1 N–H and O–H groups in total. The second-order valence-electron chi connectivity index (χ2n) is 3.36. The van der Waals surface area contributed by atoms with Crippen LogP contribution < -0.4 is 9.47 Å². The summed E-state index contributed by atoms with van der Waals surface area (Å²) in [6.45, 7) is 1.79. The van der Waals surface area contributed by atoms with Gasteiger partial charge in [-0.15, -0.1) is 5.10 Å². The van der Waals surface area contributed by atoms with Gasteiger partial charge < -0.3 is 14.6 Å². The molecule has 0 fully saturated rings. The predicted octanol–water partition coefficient (Wildman–Crippen LogP) is 2.35. The first kappa shape index (κ1) is 12.3. The first-order valence-electron chi connectivity index (χ1n) is 4.99. The minimum Gasteiger partial charge on any atom is -0.497 e. The van der Waals surface area contributed by atoms with Gasteiger partial charge in [0.05, 0.1) is 7.11 Å². The number of aromatic carboxylic acids is 1. The Hall–Kier alpha value is -2.15. The number of carboxylic acid groups (broad SMARTS) is 1. The Morgan fingerprint density at radius 3 is 2.72 bits per heavy atom. The number of benzene rings is 1. The van der Waals surface area contributed by atoms with E-state index < -0.39 is 5.97 Å². The van der Waals surface area contributed by atoms with E-state index in [4.69, 9.17) is 14.6 Å². The average Bonchev–Trinajstić information content (AvgIpc) is 2.74. The van der Waals surface area contributed by atoms with Gasteiger partial charge in [-0.05, 0) is 19.1 Å². The number of aryl methyl sites for hydroxylation is 1. The minimum absolute atomic E-state index is 0.0450. The number of ether oxygens (including phenoxy) is 2. The Labute approximate surface area is 107 Å². The summed E-state index contributed by atoms with van der Waals surface area (Å²) in [7, 11) is 1.49. The molecule has 0 aliphatic rings. The Bertz CT molecular complexity index is 582. The number of rotatable bonds is 4. The summed E-state index contributed by atoms with van der Waals surface area (Å²) < 4.78 is 10.4. The molecule has 0 unspecified atom stereocenters. The zero-order chi connectivity index (χ0) is 13.1. The number of aromatic nitrogens is 2. The van der Waals surface area contributed by atoms with Crippen LogP contribution in [-0.2, 0) is 0 Å². The molecule has 0 saturated carbocycles. The molecule has 0 saturated heterocycles. The van der Waals surface area contributed by atoms with E-state index in [1.165, 1.54) is 30.6 Å². The molecule has 2 rings (SSSR count). The summed E-state index contributed by atoms with van der Waals surface area (Å²) in [6, 6.07) is 4.48. The maximum Gasteiger partial charge on any atom is 0.339 e. The van der Waals surface area contributed by atoms with Gasteiger partial charge in [-0.1, -0.05) is 16.4 Å². The van der Waals surface area contributed by atoms with Gasteiger partial charge in [-0.2, -0.15) is 0 Å². The topological polar surface area (TPSA) is 81.5 Å². The van der Waals surface area contributed by atoms with Gasteiger partial charge in [0.2, 0.25) is 0 Å². The molecule has 6 nitrogen and oxygen atoms in total. The first-order chi connectivity index (χ1) is 8.60. The van der Waals surface area contributed by atoms with E-state index in [0.29, 0.717) is 10.9 Å². The smallest absolute Gasteiger partial charge is 0.339 e. The zero-order valence-electron chi connectivity index (χ0n) is 9.71. The minimum atomic E-state index is -1.08. The van der Waals surface area contributed by atoms with Crippen LogP contribution in [0.2, 0.25) is 0 Å². The highest BCUT2D eigenvalue weighted by molar-refractivity contribution is 7.13. The number of methoxy groups -OCH3 is 1. The number of hydrogen-bond acceptors (Lipinski definition) is 6. The summed E-state index contributed by atoms with van der Waals surface area (Å²) in [4.78, 5) is 11.1. The second-order valence-corrected chi connectivity index (χ2v) is 4.50. The molecule has 0 radical (unpaired) electrons. The normalized spacial score (nSPS) is 10.1. The summed E-state index contributed by atoms with van der Waals surface area (Å²) in [5.74, 6) is -0.386. The lowest BCUT2D eigenvalue weighted by Crippen LogP contribution is -2.00. The van der Waals surface area contributed by atoms with E-state index in [2.05, 4.69) is 10.2 Å². The molecule has 0 atom stereocenters. The fourth-order valence-electron chi connectivity index (χ4n) is 1.30. The monoisotopic (exact) mass is 266 g/mol. The van der Waals surface area contributed by atoms with Gasteiger partial charge in [0.1, 0.15) is 22.1 Å². The van der Waals surface area contributed by atoms with Gasteiger partial charge in [0, 0.05) is 6.07 Å². The van der Waals surface area contributed by atoms with Crippen LogP contribution in [-0.4, -0.2) is 28.4 Å². The van der Waals surface area contributed by atoms with E-state index in [9.17, 15) is 4.79 Å². The number of nitrogens with zero attached hydrogens (tertiary/aromatic N) is 2. The van der Waals surface area contributed by atoms with Crippen molar-refractivity contribution < 1.29 is 19.4 Å². The van der Waals surface area contributed by atoms with Gasteiger partial charge in [-0.25, -0.2) is 4.79 Å². The van der Waals surface area contributed by atoms with Crippen molar-refractivity contribution in [2.75, 3.05) is 7.11 Å². The Balaban J connectivity index is 2.37. The Kier molecular flexibility index (Phi) is 3.42. The standard InChI is InChI=1S/C11H10N2O4S/c1-6-12-13-11(18-6)17-9-5-7(16-2)3-4-8(9)10(14)15/h3-5H,1-2H3,(H,14,15). The molecule has 7 heteroatoms. The van der Waals surface area contributed by atoms with E-state index in [0.717, 1.165) is 5.01 Å². The van der Waals surface area contributed by atoms with E-state index in [1.54, 1.807) is 13.0 Å². The molecule has 1 heterocycles. The third-order valence-electron chi connectivity index (χ3n) is 2.12. The van der Waals surface area contributed by atoms with Gasteiger partial charge in [-0.3, -0.25) is 0 Å². The summed E-state index contributed by atoms with van der Waals surface area (Å²) in [5.41, 5.74) is 0.0450. The number of carboxylic acids is 1. The van der Waals surface area contributed by atoms with Crippen molar-refractivity contribution >= 4 is 17.3 Å². The van der Waals surface area contributed by atoms with Crippen LogP contribution in [0.25, 0.3) is 0 Å². The molecule has 2 aromatic rings. The fourth-order valence-corrected chi connectivity index (χ4v) is 1.85. The van der Waals surface area contributed by atoms with E-state index in [-0.39, 0.29) is 11.3 Å². The SMILES string of the molecule is COc1ccc(C(=O)O)c(Oc2nnc(C)s2)c1. The molecule has 0 aliphatic carbocycles. The van der Waals surface area contributed by atoms with Crippen LogP contribution >= 0.6 is 11.3 Å². The number of hydrogen-bond donors (Lipinski definition) is 1. The van der Waals surface area contributed by atoms with Gasteiger partial charge >= 0.3 is 5.97 Å². The zero-order valence-corrected chi connectivity index (χ0v) is 10.5. The summed E-state index contributed by atoms with van der Waals surface area (Å²) >= 11 is 1.24. The molecule has 1 aromatic carbocycles. The van der Waals surface area contributed by atoms with Crippen molar-refractivity contribution in [3.8, 4) is 16.7 Å². The van der Waals surface area contributed by atoms with Crippen LogP contribution in [0.5, 0.6) is 16.7 Å². The Morgan fingerprint density at radius 2 is 2.17 bits per heavy atom. The van der Waals surface area contributed by atoms with Crippen LogP contribution in [0.1, 0.15) is 15.4 Å². The van der Waals surface area contributed by atoms with Crippen molar-refractivity contribution in [2.45, 2.75) is 6.92 Å². The van der Waals surface area contributed by atoms with E-state index >= 15 is 0 Å². The molecule has 0 spiro atoms. The summed E-state index contributed by atoms with van der Waals surface area (Å²) in [5, 5.41) is 17.7. The van der Waals surface area contributed by atoms with Crippen LogP contribution in [0.4, 0.5) is 0 Å². The molecule has 0 aliphatic heterocycles.